The van der Waals surface area contributed by atoms with Gasteiger partial charge in [0.25, 0.3) is 0 Å². The summed E-state index contributed by atoms with van der Waals surface area (Å²) in [6.45, 7) is 2.29. The number of nitrogens with one attached hydrogen (secondary N) is 1. The van der Waals surface area contributed by atoms with Gasteiger partial charge in [-0.05, 0) is 68.0 Å². The maximum atomic E-state index is 12.9. The fraction of sp³-hybridized carbons (Fsp3) is 0.583. The number of halogens is 3. The van der Waals surface area contributed by atoms with Gasteiger partial charge in [-0.15, -0.1) is 0 Å². The van der Waals surface area contributed by atoms with Crippen LogP contribution in [0.1, 0.15) is 48.9 Å². The van der Waals surface area contributed by atoms with Crippen LogP contribution in [0, 0.1) is 0 Å². The average molecular weight is 560 g/mol. The molecule has 14 heteroatoms. The minimum Gasteiger partial charge on any atom is -0.370 e. The van der Waals surface area contributed by atoms with E-state index in [1.165, 1.54) is 11.8 Å². The number of aromatic nitrogens is 3. The van der Waals surface area contributed by atoms with Gasteiger partial charge in [-0.2, -0.15) is 13.2 Å². The topological polar surface area (TPSA) is 131 Å². The van der Waals surface area contributed by atoms with E-state index >= 15 is 0 Å². The lowest BCUT2D eigenvalue weighted by atomic mass is 10.1. The van der Waals surface area contributed by atoms with Crippen molar-refractivity contribution in [2.24, 2.45) is 0 Å². The summed E-state index contributed by atoms with van der Waals surface area (Å²) in [7, 11) is -3.17. The molecule has 0 atom stereocenters. The number of carbonyl (C=O) groups is 1. The maximum absolute atomic E-state index is 12.9. The van der Waals surface area contributed by atoms with Crippen LogP contribution in [0.5, 0.6) is 0 Å². The van der Waals surface area contributed by atoms with E-state index in [-0.39, 0.29) is 12.2 Å². The summed E-state index contributed by atoms with van der Waals surface area (Å²) in [6.07, 6.45) is 2.45. The lowest BCUT2D eigenvalue weighted by molar-refractivity contribution is -0.860. The highest BCUT2D eigenvalue weighted by atomic mass is 32.2. The number of carbonyl (C=O) groups excluding carboxylic acids is 1. The van der Waals surface area contributed by atoms with E-state index in [0.717, 1.165) is 50.2 Å². The van der Waals surface area contributed by atoms with Crippen LogP contribution >= 0.6 is 0 Å². The quantitative estimate of drug-likeness (QED) is 0.279. The van der Waals surface area contributed by atoms with Crippen molar-refractivity contribution >= 4 is 27.6 Å². The van der Waals surface area contributed by atoms with E-state index in [1.54, 1.807) is 0 Å². The first kappa shape index (κ1) is 29.6. The monoisotopic (exact) mass is 559 g/mol. The number of fused-ring (bicyclic) bond motifs is 1. The van der Waals surface area contributed by atoms with Crippen molar-refractivity contribution in [3.05, 3.63) is 41.3 Å². The Bertz CT molecular complexity index is 1210. The Hall–Kier alpha value is -3.00. The highest BCUT2D eigenvalue weighted by molar-refractivity contribution is 7.90. The summed E-state index contributed by atoms with van der Waals surface area (Å²) in [5, 5.41) is 3.33. The molecule has 0 bridgehead atoms. The van der Waals surface area contributed by atoms with Crippen LogP contribution in [-0.4, -0.2) is 67.4 Å². The Morgan fingerprint density at radius 3 is 2.71 bits per heavy atom. The van der Waals surface area contributed by atoms with Crippen LogP contribution in [0.2, 0.25) is 0 Å². The molecule has 0 saturated carbocycles. The number of alkyl halides is 3. The SMILES string of the molecule is CS(=O)(=O)CCN(CCCCc1ccc2c(n1)NCCC2)CCCC(=O)O[n+]1cc(C(F)(F)F)cnc1N. The molecule has 10 nitrogen and oxygen atoms in total. The van der Waals surface area contributed by atoms with Gasteiger partial charge in [-0.25, -0.2) is 18.2 Å². The Morgan fingerprint density at radius 2 is 1.97 bits per heavy atom. The highest BCUT2D eigenvalue weighted by Gasteiger charge is 2.34. The van der Waals surface area contributed by atoms with E-state index < -0.39 is 33.5 Å². The van der Waals surface area contributed by atoms with Crippen molar-refractivity contribution in [3.8, 4) is 0 Å². The highest BCUT2D eigenvalue weighted by Crippen LogP contribution is 2.27. The lowest BCUT2D eigenvalue weighted by Gasteiger charge is -2.22. The van der Waals surface area contributed by atoms with Gasteiger partial charge < -0.3 is 10.2 Å². The van der Waals surface area contributed by atoms with Gasteiger partial charge in [0.05, 0.1) is 12.2 Å². The van der Waals surface area contributed by atoms with Crippen LogP contribution < -0.4 is 20.6 Å². The molecule has 0 radical (unpaired) electrons. The fourth-order valence-corrected chi connectivity index (χ4v) is 4.61. The first-order chi connectivity index (χ1) is 17.9. The molecule has 0 aromatic carbocycles. The molecule has 0 aliphatic carbocycles. The van der Waals surface area contributed by atoms with Crippen LogP contribution in [0.4, 0.5) is 24.9 Å². The Kier molecular flexibility index (Phi) is 10.3. The van der Waals surface area contributed by atoms with Crippen LogP contribution in [-0.2, 0) is 33.6 Å². The number of rotatable bonds is 13. The molecule has 0 spiro atoms. The second kappa shape index (κ2) is 13.2. The van der Waals surface area contributed by atoms with Crippen LogP contribution in [0.3, 0.4) is 0 Å². The van der Waals surface area contributed by atoms with Crippen molar-refractivity contribution < 1.29 is 36.0 Å². The number of nitrogen functional groups attached to an aromatic ring is 1. The lowest BCUT2D eigenvalue weighted by Crippen LogP contribution is -2.49. The third-order valence-electron chi connectivity index (χ3n) is 6.09. The summed E-state index contributed by atoms with van der Waals surface area (Å²) in [4.78, 5) is 27.2. The van der Waals surface area contributed by atoms with E-state index in [2.05, 4.69) is 16.4 Å². The Balaban J connectivity index is 1.47. The van der Waals surface area contributed by atoms with E-state index in [9.17, 15) is 26.4 Å². The molecular formula is C24H34F3N6O4S+. The third kappa shape index (κ3) is 9.71. The van der Waals surface area contributed by atoms with E-state index in [0.29, 0.717) is 43.2 Å². The predicted molar refractivity (Wildman–Crippen MR) is 135 cm³/mol. The maximum Gasteiger partial charge on any atom is 0.426 e. The second-order valence-electron chi connectivity index (χ2n) is 9.36. The van der Waals surface area contributed by atoms with Crippen molar-refractivity contribution in [2.45, 2.75) is 51.1 Å². The van der Waals surface area contributed by atoms with Crippen molar-refractivity contribution in [2.75, 3.05) is 49.2 Å². The standard InChI is InChI=1S/C24H33F3N6O4S/c1-38(35,36)15-14-32(12-3-2-7-20-10-9-18-6-4-11-29-22(18)31-20)13-5-8-21(34)37-33-17-19(24(25,26)27)16-30-23(33)28/h9-10,16-17,28H,2-8,11-15H2,1H3,(H,29,31)/p+1. The zero-order valence-corrected chi connectivity index (χ0v) is 22.2. The van der Waals surface area contributed by atoms with Crippen molar-refractivity contribution in [1.29, 1.82) is 0 Å². The molecule has 0 saturated heterocycles. The van der Waals surface area contributed by atoms with Gasteiger partial charge in [0.1, 0.15) is 33.6 Å². The minimum absolute atomic E-state index is 0.0161. The van der Waals surface area contributed by atoms with Gasteiger partial charge in [0.15, 0.2) is 0 Å². The van der Waals surface area contributed by atoms with Crippen molar-refractivity contribution in [3.63, 3.8) is 0 Å². The number of hydrogen-bond acceptors (Lipinski definition) is 9. The molecule has 2 aromatic rings. The first-order valence-corrected chi connectivity index (χ1v) is 14.5. The number of nitrogens with two attached hydrogens (primary N) is 1. The molecular weight excluding hydrogens is 525 g/mol. The fourth-order valence-electron chi connectivity index (χ4n) is 4.02. The molecule has 3 heterocycles. The summed E-state index contributed by atoms with van der Waals surface area (Å²) < 4.78 is 62.5. The molecule has 1 aliphatic heterocycles. The summed E-state index contributed by atoms with van der Waals surface area (Å²) in [6, 6.07) is 4.16. The Morgan fingerprint density at radius 1 is 1.21 bits per heavy atom. The Labute approximate surface area is 220 Å². The zero-order valence-electron chi connectivity index (χ0n) is 21.3. The van der Waals surface area contributed by atoms with Crippen molar-refractivity contribution in [1.82, 2.24) is 14.9 Å². The normalized spacial score (nSPS) is 13.7. The van der Waals surface area contributed by atoms with Gasteiger partial charge in [0, 0.05) is 25.0 Å². The largest absolute Gasteiger partial charge is 0.426 e. The predicted octanol–water partition coefficient (Wildman–Crippen LogP) is 1.83. The molecule has 210 valence electrons. The minimum atomic E-state index is -4.66. The molecule has 1 aliphatic rings. The number of anilines is 2. The summed E-state index contributed by atoms with van der Waals surface area (Å²) >= 11 is 0. The van der Waals surface area contributed by atoms with Crippen LogP contribution in [0.25, 0.3) is 0 Å². The van der Waals surface area contributed by atoms with Gasteiger partial charge >= 0.3 is 18.1 Å². The van der Waals surface area contributed by atoms with Gasteiger partial charge in [0.2, 0.25) is 0 Å². The number of nitrogens with zero attached hydrogens (tertiary/aromatic N) is 4. The molecule has 0 fully saturated rings. The first-order valence-electron chi connectivity index (χ1n) is 12.5. The average Bonchev–Trinajstić information content (AvgIpc) is 2.84. The summed E-state index contributed by atoms with van der Waals surface area (Å²) in [5.74, 6) is -0.239. The van der Waals surface area contributed by atoms with E-state index in [4.69, 9.17) is 15.6 Å². The molecule has 3 rings (SSSR count). The number of sulfone groups is 1. The number of pyridine rings is 1. The smallest absolute Gasteiger partial charge is 0.370 e. The van der Waals surface area contributed by atoms with Gasteiger partial charge in [-0.1, -0.05) is 11.1 Å². The molecule has 2 aromatic heterocycles. The molecule has 0 amide bonds. The molecule has 38 heavy (non-hydrogen) atoms. The number of aryl methyl sites for hydroxylation is 2. The molecule has 3 N–H and O–H groups in total. The third-order valence-corrected chi connectivity index (χ3v) is 7.01. The number of unbranched alkanes of at least 4 members (excludes halogenated alkanes) is 1. The van der Waals surface area contributed by atoms with Gasteiger partial charge in [-0.3, -0.25) is 10.6 Å². The number of hydrogen-bond donors (Lipinski definition) is 2. The van der Waals surface area contributed by atoms with E-state index in [1.807, 2.05) is 11.0 Å². The summed E-state index contributed by atoms with van der Waals surface area (Å²) in [5.41, 5.74) is 6.65. The molecule has 0 unspecified atom stereocenters. The zero-order chi connectivity index (χ0) is 27.8. The second-order valence-corrected chi connectivity index (χ2v) is 11.6. The van der Waals surface area contributed by atoms with Crippen LogP contribution in [0.15, 0.2) is 24.5 Å².